The van der Waals surface area contributed by atoms with Gasteiger partial charge in [0, 0.05) is 23.7 Å². The Balaban J connectivity index is 1.66. The lowest BCUT2D eigenvalue weighted by Gasteiger charge is -2.27. The summed E-state index contributed by atoms with van der Waals surface area (Å²) >= 11 is 0. The van der Waals surface area contributed by atoms with Crippen LogP contribution in [-0.2, 0) is 0 Å². The van der Waals surface area contributed by atoms with Gasteiger partial charge in [0.2, 0.25) is 0 Å². The maximum Gasteiger partial charge on any atom is 0.252 e. The van der Waals surface area contributed by atoms with E-state index in [-0.39, 0.29) is 11.9 Å². The molecule has 25 heavy (non-hydrogen) atoms. The molecule has 2 heterocycles. The molecule has 0 aliphatic heterocycles. The van der Waals surface area contributed by atoms with Crippen LogP contribution in [0.15, 0.2) is 12.3 Å². The summed E-state index contributed by atoms with van der Waals surface area (Å²) in [4.78, 5) is 17.8. The van der Waals surface area contributed by atoms with Crippen LogP contribution in [0.2, 0.25) is 0 Å². The highest BCUT2D eigenvalue weighted by molar-refractivity contribution is 6.05. The molecule has 2 fully saturated rings. The molecule has 2 aromatic heterocycles. The Morgan fingerprint density at radius 1 is 1.20 bits per heavy atom. The van der Waals surface area contributed by atoms with Crippen molar-refractivity contribution in [2.45, 2.75) is 77.3 Å². The van der Waals surface area contributed by atoms with Gasteiger partial charge in [0.15, 0.2) is 5.65 Å². The van der Waals surface area contributed by atoms with Crippen LogP contribution in [0.25, 0.3) is 11.0 Å². The molecular formula is C20H28N4O. The molecule has 2 aromatic rings. The van der Waals surface area contributed by atoms with E-state index in [0.29, 0.717) is 12.0 Å². The maximum atomic E-state index is 13.0. The van der Waals surface area contributed by atoms with Gasteiger partial charge in [0.05, 0.1) is 17.1 Å². The number of nitrogens with zero attached hydrogens (tertiary/aromatic N) is 3. The van der Waals surface area contributed by atoms with Crippen molar-refractivity contribution in [3.8, 4) is 0 Å². The van der Waals surface area contributed by atoms with Crippen molar-refractivity contribution in [3.63, 3.8) is 0 Å². The summed E-state index contributed by atoms with van der Waals surface area (Å²) in [6, 6.07) is 2.54. The van der Waals surface area contributed by atoms with Crippen LogP contribution in [0.3, 0.4) is 0 Å². The van der Waals surface area contributed by atoms with Crippen molar-refractivity contribution >= 4 is 16.9 Å². The Morgan fingerprint density at radius 2 is 1.92 bits per heavy atom. The lowest BCUT2D eigenvalue weighted by atomic mass is 9.87. The molecule has 1 amide bonds. The lowest BCUT2D eigenvalue weighted by Crippen LogP contribution is -2.37. The minimum atomic E-state index is 0.0390. The third-order valence-corrected chi connectivity index (χ3v) is 5.67. The summed E-state index contributed by atoms with van der Waals surface area (Å²) in [5.41, 5.74) is 2.65. The molecule has 134 valence electrons. The number of fused-ring (bicyclic) bond motifs is 1. The molecule has 5 nitrogen and oxygen atoms in total. The topological polar surface area (TPSA) is 59.8 Å². The summed E-state index contributed by atoms with van der Waals surface area (Å²) < 4.78 is 1.93. The largest absolute Gasteiger partial charge is 0.349 e. The normalized spacial score (nSPS) is 24.0. The quantitative estimate of drug-likeness (QED) is 0.907. The number of hydrogen-bond donors (Lipinski definition) is 1. The minimum absolute atomic E-state index is 0.0390. The van der Waals surface area contributed by atoms with Crippen LogP contribution in [0.1, 0.15) is 87.3 Å². The molecule has 0 atom stereocenters. The third-order valence-electron chi connectivity index (χ3n) is 5.67. The number of pyridine rings is 1. The maximum absolute atomic E-state index is 13.0. The van der Waals surface area contributed by atoms with Gasteiger partial charge < -0.3 is 5.32 Å². The molecule has 0 spiro atoms. The SMILES string of the molecule is CC1CCC(NC(=O)c2cc(C3CC3)nc3c2cnn3C(C)C)CC1. The standard InChI is InChI=1S/C20H28N4O/c1-12(2)24-19-17(11-21-24)16(10-18(23-19)14-6-7-14)20(25)22-15-8-4-13(3)5-9-15/h10-15H,4-9H2,1-3H3,(H,22,25). The first-order valence-electron chi connectivity index (χ1n) is 9.72. The molecule has 2 saturated carbocycles. The molecule has 0 aromatic carbocycles. The summed E-state index contributed by atoms with van der Waals surface area (Å²) in [5, 5.41) is 8.63. The molecule has 2 aliphatic rings. The zero-order valence-electron chi connectivity index (χ0n) is 15.5. The molecule has 0 radical (unpaired) electrons. The lowest BCUT2D eigenvalue weighted by molar-refractivity contribution is 0.0924. The molecule has 2 aliphatic carbocycles. The van der Waals surface area contributed by atoms with Crippen molar-refractivity contribution in [3.05, 3.63) is 23.5 Å². The van der Waals surface area contributed by atoms with E-state index >= 15 is 0 Å². The highest BCUT2D eigenvalue weighted by Gasteiger charge is 2.29. The van der Waals surface area contributed by atoms with E-state index < -0.39 is 0 Å². The van der Waals surface area contributed by atoms with Crippen LogP contribution in [-0.4, -0.2) is 26.7 Å². The van der Waals surface area contributed by atoms with E-state index in [1.807, 2.05) is 10.7 Å². The van der Waals surface area contributed by atoms with Crippen molar-refractivity contribution in [2.24, 2.45) is 5.92 Å². The van der Waals surface area contributed by atoms with Gasteiger partial charge in [-0.05, 0) is 64.4 Å². The number of nitrogens with one attached hydrogen (secondary N) is 1. The van der Waals surface area contributed by atoms with Crippen molar-refractivity contribution in [2.75, 3.05) is 0 Å². The van der Waals surface area contributed by atoms with E-state index in [2.05, 4.69) is 31.2 Å². The number of rotatable bonds is 4. The van der Waals surface area contributed by atoms with E-state index in [1.165, 1.54) is 25.7 Å². The van der Waals surface area contributed by atoms with Gasteiger partial charge in [0.1, 0.15) is 0 Å². The molecule has 5 heteroatoms. The fourth-order valence-electron chi connectivity index (χ4n) is 3.86. The van der Waals surface area contributed by atoms with Gasteiger partial charge >= 0.3 is 0 Å². The Kier molecular flexibility index (Phi) is 4.26. The van der Waals surface area contributed by atoms with Gasteiger partial charge in [0.25, 0.3) is 5.91 Å². The molecule has 0 unspecified atom stereocenters. The Bertz CT molecular complexity index is 782. The second-order valence-electron chi connectivity index (χ2n) is 8.22. The Labute approximate surface area is 149 Å². The highest BCUT2D eigenvalue weighted by atomic mass is 16.1. The minimum Gasteiger partial charge on any atom is -0.349 e. The van der Waals surface area contributed by atoms with Crippen LogP contribution in [0, 0.1) is 5.92 Å². The first-order chi connectivity index (χ1) is 12.0. The number of hydrogen-bond acceptors (Lipinski definition) is 3. The number of amides is 1. The van der Waals surface area contributed by atoms with Gasteiger partial charge in [-0.2, -0.15) is 5.10 Å². The predicted molar refractivity (Wildman–Crippen MR) is 98.8 cm³/mol. The van der Waals surface area contributed by atoms with E-state index in [1.54, 1.807) is 6.20 Å². The molecule has 1 N–H and O–H groups in total. The first kappa shape index (κ1) is 16.6. The first-order valence-corrected chi connectivity index (χ1v) is 9.72. The van der Waals surface area contributed by atoms with Crippen LogP contribution < -0.4 is 5.32 Å². The smallest absolute Gasteiger partial charge is 0.252 e. The monoisotopic (exact) mass is 340 g/mol. The van der Waals surface area contributed by atoms with Crippen molar-refractivity contribution in [1.29, 1.82) is 0 Å². The average molecular weight is 340 g/mol. The van der Waals surface area contributed by atoms with Crippen LogP contribution in [0.4, 0.5) is 0 Å². The summed E-state index contributed by atoms with van der Waals surface area (Å²) in [5.74, 6) is 1.34. The van der Waals surface area contributed by atoms with E-state index in [9.17, 15) is 4.79 Å². The number of carbonyl (C=O) groups excluding carboxylic acids is 1. The molecular weight excluding hydrogens is 312 g/mol. The van der Waals surface area contributed by atoms with Gasteiger partial charge in [-0.3, -0.25) is 4.79 Å². The molecule has 4 rings (SSSR count). The number of carbonyl (C=O) groups is 1. The van der Waals surface area contributed by atoms with Crippen LogP contribution >= 0.6 is 0 Å². The third kappa shape index (κ3) is 3.29. The molecule has 0 saturated heterocycles. The van der Waals surface area contributed by atoms with E-state index in [0.717, 1.165) is 41.1 Å². The van der Waals surface area contributed by atoms with Crippen molar-refractivity contribution < 1.29 is 4.79 Å². The zero-order valence-corrected chi connectivity index (χ0v) is 15.5. The predicted octanol–water partition coefficient (Wildman–Crippen LogP) is 4.20. The summed E-state index contributed by atoms with van der Waals surface area (Å²) in [7, 11) is 0. The fourth-order valence-corrected chi connectivity index (χ4v) is 3.86. The zero-order chi connectivity index (χ0) is 17.6. The fraction of sp³-hybridized carbons (Fsp3) is 0.650. The van der Waals surface area contributed by atoms with Gasteiger partial charge in [-0.25, -0.2) is 9.67 Å². The van der Waals surface area contributed by atoms with Crippen LogP contribution in [0.5, 0.6) is 0 Å². The second-order valence-corrected chi connectivity index (χ2v) is 8.22. The van der Waals surface area contributed by atoms with E-state index in [4.69, 9.17) is 4.98 Å². The summed E-state index contributed by atoms with van der Waals surface area (Å²) in [6.07, 6.45) is 8.73. The molecule has 0 bridgehead atoms. The summed E-state index contributed by atoms with van der Waals surface area (Å²) in [6.45, 7) is 6.49. The second kappa shape index (κ2) is 6.43. The highest BCUT2D eigenvalue weighted by Crippen LogP contribution is 2.40. The Hall–Kier alpha value is -1.91. The Morgan fingerprint density at radius 3 is 2.56 bits per heavy atom. The average Bonchev–Trinajstić information content (AvgIpc) is 3.35. The van der Waals surface area contributed by atoms with Gasteiger partial charge in [-0.15, -0.1) is 0 Å². The van der Waals surface area contributed by atoms with Crippen molar-refractivity contribution in [1.82, 2.24) is 20.1 Å². The van der Waals surface area contributed by atoms with Gasteiger partial charge in [-0.1, -0.05) is 6.92 Å². The number of aromatic nitrogens is 3.